The summed E-state index contributed by atoms with van der Waals surface area (Å²) in [6.45, 7) is 7.17. The first-order valence-corrected chi connectivity index (χ1v) is 7.02. The van der Waals surface area contributed by atoms with Gasteiger partial charge in [0.15, 0.2) is 0 Å². The van der Waals surface area contributed by atoms with E-state index in [1.165, 1.54) is 0 Å². The van der Waals surface area contributed by atoms with E-state index in [1.54, 1.807) is 0 Å². The third-order valence-corrected chi connectivity index (χ3v) is 3.63. The van der Waals surface area contributed by atoms with Crippen LogP contribution in [-0.4, -0.2) is 12.5 Å². The minimum atomic E-state index is -0.0638. The van der Waals surface area contributed by atoms with Crippen LogP contribution in [0.1, 0.15) is 51.6 Å². The van der Waals surface area contributed by atoms with Crippen LogP contribution in [0.3, 0.4) is 0 Å². The Balaban J connectivity index is 2.31. The highest BCUT2D eigenvalue weighted by Gasteiger charge is 2.16. The number of benzene rings is 1. The van der Waals surface area contributed by atoms with Gasteiger partial charge in [-0.05, 0) is 23.8 Å². The Hall–Kier alpha value is -1.35. The van der Waals surface area contributed by atoms with Crippen molar-refractivity contribution in [2.24, 2.45) is 11.1 Å². The molecule has 0 saturated carbocycles. The summed E-state index contributed by atoms with van der Waals surface area (Å²) in [4.78, 5) is 11.8. The van der Waals surface area contributed by atoms with E-state index in [9.17, 15) is 4.79 Å². The van der Waals surface area contributed by atoms with E-state index in [0.29, 0.717) is 12.8 Å². The van der Waals surface area contributed by atoms with E-state index in [4.69, 9.17) is 5.73 Å². The molecule has 0 aliphatic heterocycles. The Morgan fingerprint density at radius 1 is 1.32 bits per heavy atom. The minimum absolute atomic E-state index is 0.0638. The van der Waals surface area contributed by atoms with Crippen molar-refractivity contribution in [1.29, 1.82) is 0 Å². The zero-order valence-electron chi connectivity index (χ0n) is 12.3. The Morgan fingerprint density at radius 3 is 2.53 bits per heavy atom. The molecule has 0 spiro atoms. The molecule has 0 heterocycles. The van der Waals surface area contributed by atoms with Crippen molar-refractivity contribution in [3.63, 3.8) is 0 Å². The number of rotatable bonds is 7. The Kier molecular flexibility index (Phi) is 6.03. The molecule has 1 unspecified atom stereocenters. The Labute approximate surface area is 116 Å². The van der Waals surface area contributed by atoms with Gasteiger partial charge >= 0.3 is 0 Å². The zero-order valence-corrected chi connectivity index (χ0v) is 12.3. The molecule has 0 bridgehead atoms. The third kappa shape index (κ3) is 5.88. The first-order chi connectivity index (χ1) is 8.94. The van der Waals surface area contributed by atoms with Crippen LogP contribution in [0.25, 0.3) is 0 Å². The molecule has 19 heavy (non-hydrogen) atoms. The normalized spacial score (nSPS) is 13.1. The number of amides is 1. The summed E-state index contributed by atoms with van der Waals surface area (Å²) in [5.41, 5.74) is 7.32. The van der Waals surface area contributed by atoms with Gasteiger partial charge in [-0.2, -0.15) is 0 Å². The van der Waals surface area contributed by atoms with Crippen LogP contribution >= 0.6 is 0 Å². The topological polar surface area (TPSA) is 55.1 Å². The first-order valence-electron chi connectivity index (χ1n) is 7.02. The second kappa shape index (κ2) is 7.29. The Morgan fingerprint density at radius 2 is 1.95 bits per heavy atom. The van der Waals surface area contributed by atoms with Crippen molar-refractivity contribution in [2.75, 3.05) is 6.54 Å². The van der Waals surface area contributed by atoms with Crippen molar-refractivity contribution in [3.05, 3.63) is 35.9 Å². The van der Waals surface area contributed by atoms with Crippen LogP contribution in [0, 0.1) is 5.41 Å². The molecule has 3 nitrogen and oxygen atoms in total. The van der Waals surface area contributed by atoms with Gasteiger partial charge in [-0.25, -0.2) is 0 Å². The third-order valence-electron chi connectivity index (χ3n) is 3.63. The van der Waals surface area contributed by atoms with Crippen LogP contribution in [0.4, 0.5) is 0 Å². The van der Waals surface area contributed by atoms with E-state index >= 15 is 0 Å². The van der Waals surface area contributed by atoms with Gasteiger partial charge in [-0.15, -0.1) is 0 Å². The predicted molar refractivity (Wildman–Crippen MR) is 79.7 cm³/mol. The lowest BCUT2D eigenvalue weighted by atomic mass is 9.90. The second-order valence-electron chi connectivity index (χ2n) is 5.85. The molecule has 3 N–H and O–H groups in total. The number of hydrogen-bond donors (Lipinski definition) is 2. The summed E-state index contributed by atoms with van der Waals surface area (Å²) in [5, 5.41) is 2.99. The molecular weight excluding hydrogens is 236 g/mol. The van der Waals surface area contributed by atoms with Gasteiger partial charge in [0.05, 0.1) is 0 Å². The molecule has 1 amide bonds. The van der Waals surface area contributed by atoms with E-state index in [0.717, 1.165) is 18.5 Å². The van der Waals surface area contributed by atoms with Crippen LogP contribution in [0.5, 0.6) is 0 Å². The lowest BCUT2D eigenvalue weighted by Crippen LogP contribution is -2.33. The van der Waals surface area contributed by atoms with Gasteiger partial charge < -0.3 is 11.1 Å². The quantitative estimate of drug-likeness (QED) is 0.793. The van der Waals surface area contributed by atoms with Crippen LogP contribution in [0.2, 0.25) is 0 Å². The maximum Gasteiger partial charge on any atom is 0.220 e. The molecule has 1 aromatic carbocycles. The lowest BCUT2D eigenvalue weighted by molar-refractivity contribution is -0.121. The monoisotopic (exact) mass is 262 g/mol. The van der Waals surface area contributed by atoms with Crippen molar-refractivity contribution in [2.45, 2.75) is 46.1 Å². The highest BCUT2D eigenvalue weighted by Crippen LogP contribution is 2.18. The zero-order chi connectivity index (χ0) is 14.3. The summed E-state index contributed by atoms with van der Waals surface area (Å²) in [5.74, 6) is 0.0907. The van der Waals surface area contributed by atoms with Crippen molar-refractivity contribution < 1.29 is 4.79 Å². The van der Waals surface area contributed by atoms with Crippen LogP contribution in [-0.2, 0) is 4.79 Å². The largest absolute Gasteiger partial charge is 0.356 e. The highest BCUT2D eigenvalue weighted by atomic mass is 16.1. The van der Waals surface area contributed by atoms with Gasteiger partial charge in [0, 0.05) is 19.0 Å². The minimum Gasteiger partial charge on any atom is -0.356 e. The van der Waals surface area contributed by atoms with E-state index in [-0.39, 0.29) is 17.4 Å². The number of nitrogens with two attached hydrogens (primary N) is 1. The lowest BCUT2D eigenvalue weighted by Gasteiger charge is -2.23. The van der Waals surface area contributed by atoms with E-state index in [2.05, 4.69) is 26.1 Å². The molecular formula is C16H26N2O. The standard InChI is InChI=1S/C16H26N2O/c1-4-16(2,3)12-18-15(19)11-10-14(17)13-8-6-5-7-9-13/h5-9,14H,4,10-12,17H2,1-3H3,(H,18,19). The highest BCUT2D eigenvalue weighted by molar-refractivity contribution is 5.75. The molecule has 106 valence electrons. The molecule has 1 atom stereocenters. The summed E-state index contributed by atoms with van der Waals surface area (Å²) < 4.78 is 0. The fourth-order valence-electron chi connectivity index (χ4n) is 1.70. The molecule has 0 saturated heterocycles. The van der Waals surface area contributed by atoms with Gasteiger partial charge in [-0.3, -0.25) is 4.79 Å². The van der Waals surface area contributed by atoms with Gasteiger partial charge in [0.1, 0.15) is 0 Å². The molecule has 0 aliphatic carbocycles. The molecule has 0 radical (unpaired) electrons. The molecule has 0 aromatic heterocycles. The molecule has 0 fully saturated rings. The smallest absolute Gasteiger partial charge is 0.220 e. The number of carbonyl (C=O) groups is 1. The summed E-state index contributed by atoms with van der Waals surface area (Å²) in [7, 11) is 0. The maximum atomic E-state index is 11.8. The molecule has 0 aliphatic rings. The van der Waals surface area contributed by atoms with E-state index in [1.807, 2.05) is 30.3 Å². The Bertz CT molecular complexity index is 387. The maximum absolute atomic E-state index is 11.8. The number of hydrogen-bond acceptors (Lipinski definition) is 2. The van der Waals surface area contributed by atoms with Crippen LogP contribution < -0.4 is 11.1 Å². The fourth-order valence-corrected chi connectivity index (χ4v) is 1.70. The fraction of sp³-hybridized carbons (Fsp3) is 0.562. The van der Waals surface area contributed by atoms with Gasteiger partial charge in [0.2, 0.25) is 5.91 Å². The van der Waals surface area contributed by atoms with Gasteiger partial charge in [0.25, 0.3) is 0 Å². The molecule has 1 aromatic rings. The molecule has 3 heteroatoms. The van der Waals surface area contributed by atoms with Crippen molar-refractivity contribution in [1.82, 2.24) is 5.32 Å². The summed E-state index contributed by atoms with van der Waals surface area (Å²) >= 11 is 0. The van der Waals surface area contributed by atoms with E-state index < -0.39 is 0 Å². The van der Waals surface area contributed by atoms with Crippen molar-refractivity contribution >= 4 is 5.91 Å². The van der Waals surface area contributed by atoms with Crippen LogP contribution in [0.15, 0.2) is 30.3 Å². The molecule has 1 rings (SSSR count). The van der Waals surface area contributed by atoms with Crippen molar-refractivity contribution in [3.8, 4) is 0 Å². The number of carbonyl (C=O) groups excluding carboxylic acids is 1. The van der Waals surface area contributed by atoms with Gasteiger partial charge in [-0.1, -0.05) is 51.1 Å². The SMILES string of the molecule is CCC(C)(C)CNC(=O)CCC(N)c1ccccc1. The predicted octanol–water partition coefficient (Wildman–Crippen LogP) is 3.02. The summed E-state index contributed by atoms with van der Waals surface area (Å²) in [6.07, 6.45) is 2.22. The average Bonchev–Trinajstić information content (AvgIpc) is 2.43. The second-order valence-corrected chi connectivity index (χ2v) is 5.85. The summed E-state index contributed by atoms with van der Waals surface area (Å²) in [6, 6.07) is 9.85. The average molecular weight is 262 g/mol. The number of nitrogens with one attached hydrogen (secondary N) is 1. The first kappa shape index (κ1) is 15.7.